The second-order valence-corrected chi connectivity index (χ2v) is 8.12. The highest BCUT2D eigenvalue weighted by Gasteiger charge is 2.24. The van der Waals surface area contributed by atoms with Gasteiger partial charge in [0.05, 0.1) is 40.7 Å². The first-order valence-electron chi connectivity index (χ1n) is 10.6. The Hall–Kier alpha value is -3.58. The Morgan fingerprint density at radius 1 is 1.06 bits per heavy atom. The fourth-order valence-corrected chi connectivity index (χ4v) is 4.16. The van der Waals surface area contributed by atoms with E-state index in [0.29, 0.717) is 28.4 Å². The van der Waals surface area contributed by atoms with Crippen LogP contribution in [0.2, 0.25) is 5.02 Å². The average Bonchev–Trinajstić information content (AvgIpc) is 3.33. The summed E-state index contributed by atoms with van der Waals surface area (Å²) in [5.74, 6) is -0.384. The molecule has 3 aromatic rings. The molecule has 1 aliphatic carbocycles. The summed E-state index contributed by atoms with van der Waals surface area (Å²) in [6, 6.07) is 13.0. The molecule has 0 aliphatic heterocycles. The molecule has 33 heavy (non-hydrogen) atoms. The number of aromatic nitrogens is 1. The summed E-state index contributed by atoms with van der Waals surface area (Å²) in [6.45, 7) is 0. The van der Waals surface area contributed by atoms with E-state index >= 15 is 0 Å². The second kappa shape index (κ2) is 9.92. The Bertz CT molecular complexity index is 1160. The maximum absolute atomic E-state index is 13.5. The molecule has 0 saturated heterocycles. The number of carboxylic acids is 1. The van der Waals surface area contributed by atoms with Crippen LogP contribution in [0.1, 0.15) is 46.4 Å². The van der Waals surface area contributed by atoms with Crippen LogP contribution in [-0.2, 0) is 0 Å². The van der Waals surface area contributed by atoms with Gasteiger partial charge in [0.15, 0.2) is 11.5 Å². The van der Waals surface area contributed by atoms with E-state index in [-0.39, 0.29) is 22.6 Å². The maximum Gasteiger partial charge on any atom is 0.337 e. The second-order valence-electron chi connectivity index (χ2n) is 7.71. The molecule has 1 aromatic heterocycles. The Morgan fingerprint density at radius 2 is 1.79 bits per heavy atom. The summed E-state index contributed by atoms with van der Waals surface area (Å²) in [5, 5.41) is 9.35. The largest absolute Gasteiger partial charge is 0.493 e. The highest BCUT2D eigenvalue weighted by Crippen LogP contribution is 2.38. The van der Waals surface area contributed by atoms with E-state index in [1.54, 1.807) is 49.7 Å². The molecule has 170 valence electrons. The summed E-state index contributed by atoms with van der Waals surface area (Å²) in [5.41, 5.74) is 1.26. The van der Waals surface area contributed by atoms with Gasteiger partial charge >= 0.3 is 5.97 Å². The number of pyridine rings is 1. The zero-order chi connectivity index (χ0) is 23.4. The van der Waals surface area contributed by atoms with Crippen LogP contribution in [0.15, 0.2) is 60.9 Å². The van der Waals surface area contributed by atoms with E-state index in [1.807, 2.05) is 0 Å². The predicted octanol–water partition coefficient (Wildman–Crippen LogP) is 5.74. The van der Waals surface area contributed by atoms with E-state index in [9.17, 15) is 14.7 Å². The van der Waals surface area contributed by atoms with E-state index in [2.05, 4.69) is 4.98 Å². The molecule has 0 unspecified atom stereocenters. The number of nitrogens with zero attached hydrogens (tertiary/aromatic N) is 2. The predicted molar refractivity (Wildman–Crippen MR) is 125 cm³/mol. The molecular weight excluding hydrogens is 444 g/mol. The lowest BCUT2D eigenvalue weighted by molar-refractivity contribution is 0.0697. The number of methoxy groups -OCH3 is 1. The summed E-state index contributed by atoms with van der Waals surface area (Å²) in [4.78, 5) is 30.4. The number of ether oxygens (including phenoxy) is 2. The van der Waals surface area contributed by atoms with Crippen molar-refractivity contribution in [3.05, 3.63) is 77.1 Å². The third-order valence-corrected chi connectivity index (χ3v) is 5.87. The summed E-state index contributed by atoms with van der Waals surface area (Å²) < 4.78 is 11.7. The van der Waals surface area contributed by atoms with Crippen LogP contribution in [0.4, 0.5) is 11.4 Å². The number of hydrogen-bond donors (Lipinski definition) is 1. The number of aromatic carboxylic acids is 1. The normalized spacial score (nSPS) is 13.5. The first-order chi connectivity index (χ1) is 16.0. The fourth-order valence-electron chi connectivity index (χ4n) is 3.90. The standard InChI is InChI=1S/C25H23ClN2O5/c1-32-22-11-9-18(14-23(22)33-19-6-2-3-7-19)28(24(29)16-5-4-12-27-15-16)17-8-10-20(25(30)31)21(26)13-17/h4-5,8-15,19H,2-3,6-7H2,1H3,(H,30,31). The number of anilines is 2. The van der Waals surface area contributed by atoms with Gasteiger partial charge in [-0.1, -0.05) is 11.6 Å². The lowest BCUT2D eigenvalue weighted by Gasteiger charge is -2.25. The Labute approximate surface area is 196 Å². The summed E-state index contributed by atoms with van der Waals surface area (Å²) in [7, 11) is 1.57. The van der Waals surface area contributed by atoms with Crippen molar-refractivity contribution in [1.29, 1.82) is 0 Å². The van der Waals surface area contributed by atoms with Crippen LogP contribution in [-0.4, -0.2) is 35.2 Å². The Morgan fingerprint density at radius 3 is 2.42 bits per heavy atom. The number of carbonyl (C=O) groups is 2. The number of rotatable bonds is 7. The molecule has 0 spiro atoms. The molecule has 1 amide bonds. The van der Waals surface area contributed by atoms with Gasteiger partial charge in [-0.05, 0) is 68.1 Å². The summed E-state index contributed by atoms with van der Waals surface area (Å²) in [6.07, 6.45) is 7.33. The quantitative estimate of drug-likeness (QED) is 0.477. The first kappa shape index (κ1) is 22.6. The van der Waals surface area contributed by atoms with E-state index < -0.39 is 5.97 Å². The number of carbonyl (C=O) groups excluding carboxylic acids is 1. The van der Waals surface area contributed by atoms with Gasteiger partial charge in [0, 0.05) is 18.5 Å². The number of hydrogen-bond acceptors (Lipinski definition) is 5. The van der Waals surface area contributed by atoms with Crippen LogP contribution in [0.5, 0.6) is 11.5 Å². The van der Waals surface area contributed by atoms with Crippen molar-refractivity contribution in [3.63, 3.8) is 0 Å². The van der Waals surface area contributed by atoms with Crippen molar-refractivity contribution in [3.8, 4) is 11.5 Å². The van der Waals surface area contributed by atoms with Crippen LogP contribution in [0, 0.1) is 0 Å². The molecule has 0 radical (unpaired) electrons. The lowest BCUT2D eigenvalue weighted by atomic mass is 10.1. The number of amides is 1. The zero-order valence-corrected chi connectivity index (χ0v) is 18.8. The smallest absolute Gasteiger partial charge is 0.337 e. The van der Waals surface area contributed by atoms with Crippen molar-refractivity contribution >= 4 is 34.9 Å². The van der Waals surface area contributed by atoms with Gasteiger partial charge in [-0.2, -0.15) is 0 Å². The Kier molecular flexibility index (Phi) is 6.79. The third-order valence-electron chi connectivity index (χ3n) is 5.55. The molecule has 4 rings (SSSR count). The highest BCUT2D eigenvalue weighted by atomic mass is 35.5. The minimum absolute atomic E-state index is 0.0277. The van der Waals surface area contributed by atoms with E-state index in [4.69, 9.17) is 21.1 Å². The fraction of sp³-hybridized carbons (Fsp3) is 0.240. The Balaban J connectivity index is 1.80. The van der Waals surface area contributed by atoms with E-state index in [1.165, 1.54) is 23.2 Å². The number of halogens is 1. The van der Waals surface area contributed by atoms with Gasteiger partial charge in [-0.25, -0.2) is 4.79 Å². The number of carboxylic acid groups (broad SMARTS) is 1. The molecule has 1 aliphatic rings. The summed E-state index contributed by atoms with van der Waals surface area (Å²) >= 11 is 6.22. The number of benzene rings is 2. The molecule has 0 atom stereocenters. The maximum atomic E-state index is 13.5. The minimum atomic E-state index is -1.15. The van der Waals surface area contributed by atoms with Crippen molar-refractivity contribution in [1.82, 2.24) is 4.98 Å². The van der Waals surface area contributed by atoms with Crippen LogP contribution < -0.4 is 14.4 Å². The van der Waals surface area contributed by atoms with Gasteiger partial charge in [0.25, 0.3) is 5.91 Å². The topological polar surface area (TPSA) is 89.0 Å². The van der Waals surface area contributed by atoms with Crippen LogP contribution in [0.25, 0.3) is 0 Å². The van der Waals surface area contributed by atoms with Crippen LogP contribution >= 0.6 is 11.6 Å². The van der Waals surface area contributed by atoms with Gasteiger partial charge in [-0.15, -0.1) is 0 Å². The SMILES string of the molecule is COc1ccc(N(C(=O)c2cccnc2)c2ccc(C(=O)O)c(Cl)c2)cc1OC1CCCC1. The molecule has 1 saturated carbocycles. The van der Waals surface area contributed by atoms with Gasteiger partial charge < -0.3 is 14.6 Å². The van der Waals surface area contributed by atoms with Crippen molar-refractivity contribution in [2.24, 2.45) is 0 Å². The lowest BCUT2D eigenvalue weighted by Crippen LogP contribution is -2.26. The van der Waals surface area contributed by atoms with Gasteiger partial charge in [-0.3, -0.25) is 14.7 Å². The monoisotopic (exact) mass is 466 g/mol. The van der Waals surface area contributed by atoms with Crippen molar-refractivity contribution < 1.29 is 24.2 Å². The van der Waals surface area contributed by atoms with E-state index in [0.717, 1.165) is 25.7 Å². The first-order valence-corrected chi connectivity index (χ1v) is 11.0. The zero-order valence-electron chi connectivity index (χ0n) is 18.0. The molecule has 1 N–H and O–H groups in total. The molecule has 0 bridgehead atoms. The van der Waals surface area contributed by atoms with Gasteiger partial charge in [0.2, 0.25) is 0 Å². The highest BCUT2D eigenvalue weighted by molar-refractivity contribution is 6.34. The molecule has 8 heteroatoms. The molecular formula is C25H23ClN2O5. The molecule has 2 aromatic carbocycles. The molecule has 7 nitrogen and oxygen atoms in total. The minimum Gasteiger partial charge on any atom is -0.493 e. The third kappa shape index (κ3) is 4.93. The van der Waals surface area contributed by atoms with Crippen molar-refractivity contribution in [2.45, 2.75) is 31.8 Å². The van der Waals surface area contributed by atoms with Crippen molar-refractivity contribution in [2.75, 3.05) is 12.0 Å². The van der Waals surface area contributed by atoms with Gasteiger partial charge in [0.1, 0.15) is 0 Å². The van der Waals surface area contributed by atoms with Crippen LogP contribution in [0.3, 0.4) is 0 Å². The molecule has 1 heterocycles. The molecule has 1 fully saturated rings. The average molecular weight is 467 g/mol.